The monoisotopic (exact) mass is 1700 g/mol. The summed E-state index contributed by atoms with van der Waals surface area (Å²) in [7, 11) is 6.41. The molecule has 27 nitrogen and oxygen atoms in total. The fourth-order valence-electron chi connectivity index (χ4n) is 19.5. The fraction of sp³-hybridized carbons (Fsp3) is 0.423. The molecule has 6 saturated heterocycles. The molecule has 18 rings (SSSR count). The molecule has 0 N–H and O–H groups in total. The van der Waals surface area contributed by atoms with Crippen molar-refractivity contribution in [3.8, 4) is 24.1 Å². The number of carbonyl (C=O) groups is 3. The molecule has 0 bridgehead atoms. The van der Waals surface area contributed by atoms with E-state index in [9.17, 15) is 19.6 Å². The first-order chi connectivity index (χ1) is 60.9. The number of fused-ring (bicyclic) bond motifs is 6. The average molecular weight is 1700 g/mol. The van der Waals surface area contributed by atoms with Gasteiger partial charge in [-0.3, -0.25) is 24.2 Å². The Kier molecular flexibility index (Phi) is 27.2. The Labute approximate surface area is 737 Å². The molecule has 6 fully saturated rings. The topological polar surface area (TPSA) is 229 Å². The summed E-state index contributed by atoms with van der Waals surface area (Å²) in [6.07, 6.45) is 15.2. The first kappa shape index (κ1) is 86.4. The van der Waals surface area contributed by atoms with Crippen LogP contribution in [0.1, 0.15) is 89.7 Å². The molecule has 0 saturated carbocycles. The minimum atomic E-state index is -0.244. The first-order valence-corrected chi connectivity index (χ1v) is 44.1. The largest absolute Gasteiger partial charge is 0.462 e. The number of aromatic nitrogens is 7. The van der Waals surface area contributed by atoms with Crippen LogP contribution in [0.3, 0.4) is 0 Å². The van der Waals surface area contributed by atoms with Gasteiger partial charge in [0.05, 0.1) is 40.8 Å². The highest BCUT2D eigenvalue weighted by Gasteiger charge is 2.40. The van der Waals surface area contributed by atoms with Gasteiger partial charge in [-0.25, -0.2) is 13.1 Å². The van der Waals surface area contributed by atoms with Crippen LogP contribution in [0.4, 0.5) is 17.5 Å². The zero-order valence-electron chi connectivity index (χ0n) is 72.1. The van der Waals surface area contributed by atoms with E-state index in [1.54, 1.807) is 14.7 Å². The number of anilines is 3. The van der Waals surface area contributed by atoms with Crippen molar-refractivity contribution in [1.82, 2.24) is 73.7 Å². The van der Waals surface area contributed by atoms with E-state index in [0.29, 0.717) is 141 Å². The van der Waals surface area contributed by atoms with Crippen molar-refractivity contribution in [3.63, 3.8) is 0 Å². The smallest absolute Gasteiger partial charge is 0.319 e. The van der Waals surface area contributed by atoms with Gasteiger partial charge < -0.3 is 72.6 Å². The number of halogens is 1. The number of rotatable bonds is 24. The van der Waals surface area contributed by atoms with E-state index in [4.69, 9.17) is 68.9 Å². The van der Waals surface area contributed by atoms with Crippen LogP contribution in [0.25, 0.3) is 52.9 Å². The van der Waals surface area contributed by atoms with Gasteiger partial charge in [-0.2, -0.15) is 35.2 Å². The van der Waals surface area contributed by atoms with Crippen LogP contribution in [0.5, 0.6) is 18.0 Å². The highest BCUT2D eigenvalue weighted by molar-refractivity contribution is 6.35. The molecule has 125 heavy (non-hydrogen) atoms. The third-order valence-electron chi connectivity index (χ3n) is 26.2. The molecule has 0 aliphatic carbocycles. The Bertz CT molecular complexity index is 5560. The van der Waals surface area contributed by atoms with Crippen LogP contribution in [0, 0.1) is 31.4 Å². The van der Waals surface area contributed by atoms with Gasteiger partial charge in [0.1, 0.15) is 49.4 Å². The van der Waals surface area contributed by atoms with Crippen molar-refractivity contribution in [2.45, 2.75) is 134 Å². The molecule has 0 spiro atoms. The minimum absolute atomic E-state index is 0.127. The Morgan fingerprint density at radius 3 is 1.41 bits per heavy atom. The number of amides is 3. The third kappa shape index (κ3) is 19.4. The number of nitriles is 1. The molecular weight excluding hydrogens is 1590 g/mol. The summed E-state index contributed by atoms with van der Waals surface area (Å²) in [6, 6.07) is 43.9. The summed E-state index contributed by atoms with van der Waals surface area (Å²) >= 11 is 6.64. The molecule has 8 aliphatic heterocycles. The number of likely N-dealkylation sites (tertiary alicyclic amines) is 3. The van der Waals surface area contributed by atoms with Crippen molar-refractivity contribution in [3.05, 3.63) is 238 Å². The lowest BCUT2D eigenvalue weighted by Gasteiger charge is -2.41. The normalized spacial score (nSPS) is 20.5. The van der Waals surface area contributed by atoms with Crippen LogP contribution >= 0.6 is 11.6 Å². The van der Waals surface area contributed by atoms with Gasteiger partial charge in [0, 0.05) is 157 Å². The third-order valence-corrected chi connectivity index (χ3v) is 26.5. The second-order valence-electron chi connectivity index (χ2n) is 34.2. The van der Waals surface area contributed by atoms with Gasteiger partial charge >= 0.3 is 18.0 Å². The van der Waals surface area contributed by atoms with Crippen molar-refractivity contribution < 1.29 is 28.6 Å². The van der Waals surface area contributed by atoms with Gasteiger partial charge in [-0.15, -0.1) is 0 Å². The molecule has 10 aromatic rings. The molecule has 0 radical (unpaired) electrons. The van der Waals surface area contributed by atoms with Gasteiger partial charge in [0.15, 0.2) is 0 Å². The zero-order valence-corrected chi connectivity index (χ0v) is 72.8. The van der Waals surface area contributed by atoms with Gasteiger partial charge in [0.2, 0.25) is 30.8 Å². The molecule has 28 heteroatoms. The number of benzene rings is 6. The average Bonchev–Trinajstić information content (AvgIpc) is 1.67. The molecule has 4 aromatic heterocycles. The maximum absolute atomic E-state index is 12.5. The first-order valence-electron chi connectivity index (χ1n) is 43.7. The molecule has 646 valence electrons. The summed E-state index contributed by atoms with van der Waals surface area (Å²) in [4.78, 5) is 98.0. The number of hydrogen-bond acceptors (Lipinski definition) is 21. The molecule has 8 aliphatic rings. The molecule has 6 atom stereocenters. The van der Waals surface area contributed by atoms with E-state index in [2.05, 4.69) is 223 Å². The van der Waals surface area contributed by atoms with Crippen molar-refractivity contribution in [2.75, 3.05) is 147 Å². The lowest BCUT2D eigenvalue weighted by Crippen LogP contribution is -2.56. The van der Waals surface area contributed by atoms with Crippen molar-refractivity contribution in [1.29, 1.82) is 5.26 Å². The van der Waals surface area contributed by atoms with Gasteiger partial charge in [-0.05, 0) is 160 Å². The second kappa shape index (κ2) is 39.4. The molecule has 12 heterocycles. The lowest BCUT2D eigenvalue weighted by molar-refractivity contribution is -0.129. The lowest BCUT2D eigenvalue weighted by atomic mass is 10.00. The van der Waals surface area contributed by atoms with Gasteiger partial charge in [0.25, 0.3) is 0 Å². The summed E-state index contributed by atoms with van der Waals surface area (Å²) < 4.78 is 20.9. The fourth-order valence-corrected chi connectivity index (χ4v) is 19.8. The SMILES string of the molecule is C=CC(=O)N1CCN(c2nc(OC[C@@H]3CCCN3C)nc3c2CN(Cc2cccc4cccc(Cl)c24)C3)C[C@@H]1CC#N.[C-]#[N+]C[C@H]1CN(c2nc(OC[C@@H]3CCCN3C)nc3c2CN(Cc2cccc4cccc(C)c24)C3)CCN1C(=O)C=C.[C-]#[N+]C[C@H]1CN(c2nc(OC[C@@H]3CCCN3C)nc3cn(Cc4cccc5ccccc45)cc23)CCN1C(=O)C=C. The van der Waals surface area contributed by atoms with Crippen LogP contribution in [0.15, 0.2) is 166 Å². The highest BCUT2D eigenvalue weighted by atomic mass is 35.5. The summed E-state index contributed by atoms with van der Waals surface area (Å²) in [6.45, 7) is 43.4. The Balaban J connectivity index is 0.000000138. The number of carbonyl (C=O) groups excluding carboxylic acids is 3. The van der Waals surface area contributed by atoms with E-state index in [0.717, 1.165) is 125 Å². The highest BCUT2D eigenvalue weighted by Crippen LogP contribution is 2.40. The zero-order chi connectivity index (χ0) is 86.8. The van der Waals surface area contributed by atoms with Crippen LogP contribution < -0.4 is 28.9 Å². The van der Waals surface area contributed by atoms with Crippen LogP contribution in [-0.2, 0) is 60.2 Å². The summed E-state index contributed by atoms with van der Waals surface area (Å²) in [5.41, 5.74) is 9.96. The van der Waals surface area contributed by atoms with E-state index >= 15 is 0 Å². The predicted molar refractivity (Wildman–Crippen MR) is 489 cm³/mol. The number of ether oxygens (including phenoxy) is 3. The Hall–Kier alpha value is -12.1. The van der Waals surface area contributed by atoms with E-state index in [1.165, 1.54) is 81.3 Å². The number of aryl methyl sites for hydroxylation is 1. The number of hydrogen-bond donors (Lipinski definition) is 0. The number of piperazine rings is 3. The Morgan fingerprint density at radius 2 is 0.912 bits per heavy atom. The summed E-state index contributed by atoms with van der Waals surface area (Å²) in [5.74, 6) is 2.07. The summed E-state index contributed by atoms with van der Waals surface area (Å²) in [5, 5.41) is 18.4. The van der Waals surface area contributed by atoms with Crippen LogP contribution in [-0.4, -0.2) is 260 Å². The van der Waals surface area contributed by atoms with Gasteiger partial charge in [-0.1, -0.05) is 141 Å². The maximum atomic E-state index is 12.5. The predicted octanol–water partition coefficient (Wildman–Crippen LogP) is 12.7. The maximum Gasteiger partial charge on any atom is 0.319 e. The molecule has 0 unspecified atom stereocenters. The van der Waals surface area contributed by atoms with Crippen molar-refractivity contribution in [2.24, 2.45) is 0 Å². The van der Waals surface area contributed by atoms with Crippen molar-refractivity contribution >= 4 is 90.0 Å². The molecular formula is C97H110ClN21O6. The molecule has 3 amide bonds. The standard InChI is InChI=1S/C33H39N7O2.C32H36ClN7O2.C32H35N7O2/c1-5-30(41)40-16-15-39(19-27(40)17-34-3)32-28-20-38(18-25-12-7-11-24-10-6-9-23(2)31(24)25)21-29(28)35-33(36-32)42-22-26-13-8-14-37(26)4;1-3-29(41)40-16-15-39(18-24(40)12-13-34)31-26-19-38(17-23-9-4-7-22-8-5-11-27(33)30(22)23)20-28(26)35-32(36-31)42-21-25-10-6-14-37(25)2;1-4-30(40)39-16-15-38(19-26(39)17-33-2)31-28-20-37(18-24-11-7-10-23-9-5-6-13-27(23)24)21-29(28)34-32(35-31)41-22-25-12-8-14-36(25)3/h5-7,9-12,26-27H,1,8,13-22H2,2,4H3;3-5,7-9,11,24-25H,1,6,10,12,14-21H2,2H3;4-7,9-11,13,20-21,25-26H,1,8,12,14-19,22H2,3H3/t26-,27-;24-,25-;25-,26-/m000/s1. The number of nitrogens with zero attached hydrogens (tertiary/aromatic N) is 21. The Morgan fingerprint density at radius 1 is 0.480 bits per heavy atom. The quantitative estimate of drug-likeness (QED) is 0.0404. The second-order valence-corrected chi connectivity index (χ2v) is 34.6. The number of likely N-dealkylation sites (N-methyl/N-ethyl adjacent to an activating group) is 3. The van der Waals surface area contributed by atoms with Crippen LogP contribution in [0.2, 0.25) is 5.02 Å². The van der Waals surface area contributed by atoms with E-state index < -0.39 is 0 Å². The minimum Gasteiger partial charge on any atom is -0.462 e. The molecule has 6 aromatic carbocycles. The van der Waals surface area contributed by atoms with E-state index in [1.807, 2.05) is 12.1 Å². The van der Waals surface area contributed by atoms with E-state index in [-0.39, 0.29) is 55.4 Å².